The van der Waals surface area contributed by atoms with Gasteiger partial charge in [0.1, 0.15) is 5.75 Å². The summed E-state index contributed by atoms with van der Waals surface area (Å²) in [5, 5.41) is 3.44. The number of para-hydroxylation sites is 1. The molecule has 0 saturated carbocycles. The topological polar surface area (TPSA) is 27.7 Å². The Labute approximate surface area is 128 Å². The molecular weight excluding hydrogens is 262 g/mol. The average molecular weight is 289 g/mol. The predicted octanol–water partition coefficient (Wildman–Crippen LogP) is 1.56. The van der Waals surface area contributed by atoms with Gasteiger partial charge < -0.3 is 10.1 Å². The van der Waals surface area contributed by atoms with E-state index in [2.05, 4.69) is 39.4 Å². The van der Waals surface area contributed by atoms with Crippen LogP contribution in [-0.4, -0.2) is 61.7 Å². The summed E-state index contributed by atoms with van der Waals surface area (Å²) in [6.45, 7) is 10.9. The Hall–Kier alpha value is -1.10. The van der Waals surface area contributed by atoms with Crippen molar-refractivity contribution in [3.63, 3.8) is 0 Å². The average Bonchev–Trinajstić information content (AvgIpc) is 2.99. The highest BCUT2D eigenvalue weighted by molar-refractivity contribution is 5.33. The van der Waals surface area contributed by atoms with E-state index in [-0.39, 0.29) is 0 Å². The van der Waals surface area contributed by atoms with Crippen LogP contribution in [0.15, 0.2) is 24.3 Å². The van der Waals surface area contributed by atoms with Gasteiger partial charge in [-0.25, -0.2) is 0 Å². The van der Waals surface area contributed by atoms with Gasteiger partial charge in [0, 0.05) is 57.4 Å². The SMILES string of the molecule is CCOc1ccccc1CN1CCC(N2CCNCC2)C1. The molecule has 3 rings (SSSR count). The van der Waals surface area contributed by atoms with E-state index in [0.29, 0.717) is 0 Å². The molecule has 4 nitrogen and oxygen atoms in total. The van der Waals surface area contributed by atoms with Crippen molar-refractivity contribution >= 4 is 0 Å². The van der Waals surface area contributed by atoms with Crippen LogP contribution in [0.2, 0.25) is 0 Å². The van der Waals surface area contributed by atoms with Crippen molar-refractivity contribution in [2.24, 2.45) is 0 Å². The molecule has 2 aliphatic heterocycles. The Kier molecular flexibility index (Phi) is 5.12. The monoisotopic (exact) mass is 289 g/mol. The molecule has 4 heteroatoms. The largest absolute Gasteiger partial charge is 0.494 e. The molecule has 1 aromatic carbocycles. The van der Waals surface area contributed by atoms with Crippen LogP contribution < -0.4 is 10.1 Å². The first kappa shape index (κ1) is 14.8. The van der Waals surface area contributed by atoms with E-state index < -0.39 is 0 Å². The minimum Gasteiger partial charge on any atom is -0.494 e. The van der Waals surface area contributed by atoms with Gasteiger partial charge in [0.25, 0.3) is 0 Å². The number of hydrogen-bond acceptors (Lipinski definition) is 4. The highest BCUT2D eigenvalue weighted by Gasteiger charge is 2.28. The lowest BCUT2D eigenvalue weighted by molar-refractivity contribution is 0.170. The van der Waals surface area contributed by atoms with Gasteiger partial charge in [0.05, 0.1) is 6.61 Å². The van der Waals surface area contributed by atoms with E-state index in [1.807, 2.05) is 6.92 Å². The lowest BCUT2D eigenvalue weighted by Crippen LogP contribution is -2.49. The fourth-order valence-corrected chi connectivity index (χ4v) is 3.47. The summed E-state index contributed by atoms with van der Waals surface area (Å²) in [6, 6.07) is 9.20. The fraction of sp³-hybridized carbons (Fsp3) is 0.647. The number of nitrogens with zero attached hydrogens (tertiary/aromatic N) is 2. The van der Waals surface area contributed by atoms with Crippen molar-refractivity contribution < 1.29 is 4.74 Å². The first-order valence-electron chi connectivity index (χ1n) is 8.24. The molecule has 1 unspecified atom stereocenters. The van der Waals surface area contributed by atoms with Crippen LogP contribution in [0.5, 0.6) is 5.75 Å². The molecule has 2 saturated heterocycles. The molecule has 21 heavy (non-hydrogen) atoms. The molecular formula is C17H27N3O. The molecule has 1 aromatic rings. The van der Waals surface area contributed by atoms with Crippen LogP contribution in [0.4, 0.5) is 0 Å². The zero-order chi connectivity index (χ0) is 14.5. The number of hydrogen-bond donors (Lipinski definition) is 1. The second-order valence-corrected chi connectivity index (χ2v) is 6.00. The van der Waals surface area contributed by atoms with Crippen LogP contribution in [-0.2, 0) is 6.54 Å². The quantitative estimate of drug-likeness (QED) is 0.890. The van der Waals surface area contributed by atoms with Crippen molar-refractivity contribution in [2.75, 3.05) is 45.9 Å². The lowest BCUT2D eigenvalue weighted by Gasteiger charge is -2.32. The first-order chi connectivity index (χ1) is 10.4. The summed E-state index contributed by atoms with van der Waals surface area (Å²) in [5.41, 5.74) is 1.32. The molecule has 2 fully saturated rings. The number of ether oxygens (including phenoxy) is 1. The van der Waals surface area contributed by atoms with Gasteiger partial charge in [-0.3, -0.25) is 9.80 Å². The van der Waals surface area contributed by atoms with E-state index in [1.54, 1.807) is 0 Å². The Morgan fingerprint density at radius 2 is 2.00 bits per heavy atom. The molecule has 0 aliphatic carbocycles. The molecule has 0 spiro atoms. The number of piperazine rings is 1. The third-order valence-corrected chi connectivity index (χ3v) is 4.58. The predicted molar refractivity (Wildman–Crippen MR) is 85.7 cm³/mol. The normalized spacial score (nSPS) is 24.3. The Balaban J connectivity index is 1.57. The summed E-state index contributed by atoms with van der Waals surface area (Å²) < 4.78 is 5.75. The molecule has 0 radical (unpaired) electrons. The standard InChI is InChI=1S/C17H27N3O/c1-2-21-17-6-4-3-5-15(17)13-19-10-7-16(14-19)20-11-8-18-9-12-20/h3-6,16,18H,2,7-14H2,1H3. The smallest absolute Gasteiger partial charge is 0.123 e. The van der Waals surface area contributed by atoms with Gasteiger partial charge in [0.2, 0.25) is 0 Å². The van der Waals surface area contributed by atoms with Gasteiger partial charge in [-0.05, 0) is 19.4 Å². The number of nitrogens with one attached hydrogen (secondary N) is 1. The second kappa shape index (κ2) is 7.25. The third-order valence-electron chi connectivity index (χ3n) is 4.58. The molecule has 116 valence electrons. The molecule has 0 aromatic heterocycles. The van der Waals surface area contributed by atoms with Crippen LogP contribution in [0.3, 0.4) is 0 Å². The number of rotatable bonds is 5. The van der Waals surface area contributed by atoms with E-state index >= 15 is 0 Å². The van der Waals surface area contributed by atoms with Crippen molar-refractivity contribution in [3.8, 4) is 5.75 Å². The van der Waals surface area contributed by atoms with Crippen molar-refractivity contribution in [1.82, 2.24) is 15.1 Å². The zero-order valence-electron chi connectivity index (χ0n) is 13.1. The Morgan fingerprint density at radius 1 is 1.19 bits per heavy atom. The molecule has 0 bridgehead atoms. The molecule has 0 amide bonds. The second-order valence-electron chi connectivity index (χ2n) is 6.00. The van der Waals surface area contributed by atoms with Crippen LogP contribution in [0.1, 0.15) is 18.9 Å². The minimum atomic E-state index is 0.737. The van der Waals surface area contributed by atoms with Gasteiger partial charge in [0.15, 0.2) is 0 Å². The lowest BCUT2D eigenvalue weighted by atomic mass is 10.2. The van der Waals surface area contributed by atoms with Crippen LogP contribution in [0.25, 0.3) is 0 Å². The number of benzene rings is 1. The molecule has 1 atom stereocenters. The maximum Gasteiger partial charge on any atom is 0.123 e. The maximum absolute atomic E-state index is 5.75. The van der Waals surface area contributed by atoms with Gasteiger partial charge in [-0.2, -0.15) is 0 Å². The Morgan fingerprint density at radius 3 is 2.81 bits per heavy atom. The third kappa shape index (κ3) is 3.76. The number of likely N-dealkylation sites (tertiary alicyclic amines) is 1. The van der Waals surface area contributed by atoms with Crippen molar-refractivity contribution in [3.05, 3.63) is 29.8 Å². The summed E-state index contributed by atoms with van der Waals surface area (Å²) in [7, 11) is 0. The summed E-state index contributed by atoms with van der Waals surface area (Å²) in [6.07, 6.45) is 1.30. The van der Waals surface area contributed by atoms with E-state index in [9.17, 15) is 0 Å². The molecule has 2 heterocycles. The van der Waals surface area contributed by atoms with Gasteiger partial charge >= 0.3 is 0 Å². The Bertz CT molecular complexity index is 445. The highest BCUT2D eigenvalue weighted by atomic mass is 16.5. The zero-order valence-corrected chi connectivity index (χ0v) is 13.1. The summed E-state index contributed by atoms with van der Waals surface area (Å²) in [5.74, 6) is 1.05. The highest BCUT2D eigenvalue weighted by Crippen LogP contribution is 2.23. The van der Waals surface area contributed by atoms with Crippen LogP contribution >= 0.6 is 0 Å². The van der Waals surface area contributed by atoms with Gasteiger partial charge in [-0.15, -0.1) is 0 Å². The first-order valence-corrected chi connectivity index (χ1v) is 8.24. The molecule has 1 N–H and O–H groups in total. The van der Waals surface area contributed by atoms with E-state index in [4.69, 9.17) is 4.74 Å². The van der Waals surface area contributed by atoms with Crippen molar-refractivity contribution in [2.45, 2.75) is 25.9 Å². The summed E-state index contributed by atoms with van der Waals surface area (Å²) >= 11 is 0. The van der Waals surface area contributed by atoms with Crippen molar-refractivity contribution in [1.29, 1.82) is 0 Å². The maximum atomic E-state index is 5.75. The van der Waals surface area contributed by atoms with Crippen LogP contribution in [0, 0.1) is 0 Å². The van der Waals surface area contributed by atoms with Gasteiger partial charge in [-0.1, -0.05) is 18.2 Å². The van der Waals surface area contributed by atoms with E-state index in [0.717, 1.165) is 38.0 Å². The minimum absolute atomic E-state index is 0.737. The van der Waals surface area contributed by atoms with E-state index in [1.165, 1.54) is 38.2 Å². The fourth-order valence-electron chi connectivity index (χ4n) is 3.47. The summed E-state index contributed by atoms with van der Waals surface area (Å²) in [4.78, 5) is 5.23. The molecule has 2 aliphatic rings.